The molecule has 0 aliphatic carbocycles. The van der Waals surface area contributed by atoms with Gasteiger partial charge >= 0.3 is 0 Å². The van der Waals surface area contributed by atoms with Crippen LogP contribution >= 0.6 is 0 Å². The Hall–Kier alpha value is -1.77. The molecule has 2 rings (SSSR count). The zero-order valence-corrected chi connectivity index (χ0v) is 9.11. The average Bonchev–Trinajstić information content (AvgIpc) is 2.81. The molecule has 0 fully saturated rings. The van der Waals surface area contributed by atoms with Crippen LogP contribution in [0.15, 0.2) is 47.1 Å². The third-order valence-corrected chi connectivity index (χ3v) is 2.50. The summed E-state index contributed by atoms with van der Waals surface area (Å²) in [6.07, 6.45) is 2.46. The minimum Gasteiger partial charge on any atom is -0.467 e. The highest BCUT2D eigenvalue weighted by Gasteiger charge is 2.13. The van der Waals surface area contributed by atoms with E-state index in [1.54, 1.807) is 24.5 Å². The summed E-state index contributed by atoms with van der Waals surface area (Å²) in [6.45, 7) is 2.03. The van der Waals surface area contributed by atoms with Gasteiger partial charge < -0.3 is 9.73 Å². The lowest BCUT2D eigenvalue weighted by molar-refractivity contribution is 0.472. The molecule has 0 radical (unpaired) electrons. The van der Waals surface area contributed by atoms with E-state index in [-0.39, 0.29) is 11.9 Å². The summed E-state index contributed by atoms with van der Waals surface area (Å²) in [6, 6.07) is 10.4. The molecular formula is C13H14FNO. The first kappa shape index (κ1) is 10.7. The highest BCUT2D eigenvalue weighted by atomic mass is 19.1. The maximum Gasteiger partial charge on any atom is 0.146 e. The monoisotopic (exact) mass is 219 g/mol. The van der Waals surface area contributed by atoms with E-state index in [0.717, 1.165) is 12.2 Å². The van der Waals surface area contributed by atoms with Crippen LogP contribution in [0.2, 0.25) is 0 Å². The summed E-state index contributed by atoms with van der Waals surface area (Å²) in [5, 5.41) is 3.13. The molecule has 3 heteroatoms. The van der Waals surface area contributed by atoms with Crippen molar-refractivity contribution >= 4 is 5.69 Å². The molecule has 0 saturated heterocycles. The number of hydrogen-bond donors (Lipinski definition) is 1. The van der Waals surface area contributed by atoms with Crippen LogP contribution in [0.3, 0.4) is 0 Å². The third-order valence-electron chi connectivity index (χ3n) is 2.50. The summed E-state index contributed by atoms with van der Waals surface area (Å²) in [5.74, 6) is 0.582. The minimum absolute atomic E-state index is 0.00639. The maximum atomic E-state index is 13.4. The molecule has 2 aromatic rings. The van der Waals surface area contributed by atoms with Gasteiger partial charge in [-0.15, -0.1) is 0 Å². The van der Waals surface area contributed by atoms with Crippen molar-refractivity contribution in [3.05, 3.63) is 54.2 Å². The highest BCUT2D eigenvalue weighted by molar-refractivity contribution is 5.45. The number of rotatable bonds is 4. The Bertz CT molecular complexity index is 439. The average molecular weight is 219 g/mol. The van der Waals surface area contributed by atoms with Gasteiger partial charge in [-0.05, 0) is 30.7 Å². The molecule has 0 amide bonds. The Balaban J connectivity index is 2.17. The van der Waals surface area contributed by atoms with Crippen molar-refractivity contribution in [1.29, 1.82) is 0 Å². The number of para-hydroxylation sites is 1. The predicted octanol–water partition coefficient (Wildman–Crippen LogP) is 3.98. The van der Waals surface area contributed by atoms with Gasteiger partial charge in [0, 0.05) is 0 Å². The first-order valence-corrected chi connectivity index (χ1v) is 5.35. The first-order chi connectivity index (χ1) is 7.81. The van der Waals surface area contributed by atoms with Crippen molar-refractivity contribution in [3.63, 3.8) is 0 Å². The smallest absolute Gasteiger partial charge is 0.146 e. The van der Waals surface area contributed by atoms with Gasteiger partial charge in [-0.3, -0.25) is 0 Å². The van der Waals surface area contributed by atoms with E-state index in [0.29, 0.717) is 5.69 Å². The molecule has 0 bridgehead atoms. The number of nitrogens with one attached hydrogen (secondary N) is 1. The Labute approximate surface area is 94.1 Å². The number of anilines is 1. The van der Waals surface area contributed by atoms with E-state index in [9.17, 15) is 4.39 Å². The summed E-state index contributed by atoms with van der Waals surface area (Å²) < 4.78 is 18.7. The van der Waals surface area contributed by atoms with Crippen molar-refractivity contribution < 1.29 is 8.81 Å². The standard InChI is InChI=1S/C13H14FNO/c1-2-11(13-8-5-9-16-13)15-12-7-4-3-6-10(12)14/h3-9,11,15H,2H2,1H3. The van der Waals surface area contributed by atoms with E-state index < -0.39 is 0 Å². The summed E-state index contributed by atoms with van der Waals surface area (Å²) >= 11 is 0. The lowest BCUT2D eigenvalue weighted by Crippen LogP contribution is -2.09. The largest absolute Gasteiger partial charge is 0.467 e. The van der Waals surface area contributed by atoms with E-state index in [1.165, 1.54) is 6.07 Å². The summed E-state index contributed by atoms with van der Waals surface area (Å²) in [4.78, 5) is 0. The topological polar surface area (TPSA) is 25.2 Å². The molecule has 16 heavy (non-hydrogen) atoms. The molecule has 1 atom stereocenters. The van der Waals surface area contributed by atoms with Gasteiger partial charge in [0.2, 0.25) is 0 Å². The fourth-order valence-corrected chi connectivity index (χ4v) is 1.63. The van der Waals surface area contributed by atoms with Crippen LogP contribution in [0.25, 0.3) is 0 Å². The molecule has 2 nitrogen and oxygen atoms in total. The van der Waals surface area contributed by atoms with Crippen molar-refractivity contribution in [1.82, 2.24) is 0 Å². The van der Waals surface area contributed by atoms with E-state index in [1.807, 2.05) is 19.1 Å². The number of furan rings is 1. The molecule has 1 N–H and O–H groups in total. The molecular weight excluding hydrogens is 205 g/mol. The Morgan fingerprint density at radius 2 is 2.06 bits per heavy atom. The minimum atomic E-state index is -0.243. The molecule has 1 aromatic heterocycles. The number of halogens is 1. The maximum absolute atomic E-state index is 13.4. The number of benzene rings is 1. The van der Waals surface area contributed by atoms with Gasteiger partial charge in [-0.25, -0.2) is 4.39 Å². The zero-order chi connectivity index (χ0) is 11.4. The molecule has 1 heterocycles. The Morgan fingerprint density at radius 3 is 2.69 bits per heavy atom. The molecule has 1 aromatic carbocycles. The van der Waals surface area contributed by atoms with Gasteiger partial charge in [-0.1, -0.05) is 19.1 Å². The SMILES string of the molecule is CCC(Nc1ccccc1F)c1ccco1. The second-order valence-corrected chi connectivity index (χ2v) is 3.60. The fourth-order valence-electron chi connectivity index (χ4n) is 1.63. The van der Waals surface area contributed by atoms with E-state index in [2.05, 4.69) is 5.32 Å². The zero-order valence-electron chi connectivity index (χ0n) is 9.11. The predicted molar refractivity (Wildman–Crippen MR) is 61.8 cm³/mol. The van der Waals surface area contributed by atoms with Crippen molar-refractivity contribution in [3.8, 4) is 0 Å². The van der Waals surface area contributed by atoms with Crippen molar-refractivity contribution in [2.75, 3.05) is 5.32 Å². The van der Waals surface area contributed by atoms with Gasteiger partial charge in [0.25, 0.3) is 0 Å². The molecule has 1 unspecified atom stereocenters. The van der Waals surface area contributed by atoms with Crippen LogP contribution < -0.4 is 5.32 Å². The van der Waals surface area contributed by atoms with Crippen LogP contribution in [0.1, 0.15) is 25.1 Å². The highest BCUT2D eigenvalue weighted by Crippen LogP contribution is 2.24. The van der Waals surface area contributed by atoms with E-state index in [4.69, 9.17) is 4.42 Å². The van der Waals surface area contributed by atoms with Crippen LogP contribution in [-0.4, -0.2) is 0 Å². The third kappa shape index (κ3) is 2.24. The Morgan fingerprint density at radius 1 is 1.25 bits per heavy atom. The molecule has 84 valence electrons. The van der Waals surface area contributed by atoms with E-state index >= 15 is 0 Å². The second kappa shape index (κ2) is 4.84. The van der Waals surface area contributed by atoms with Crippen LogP contribution in [0.5, 0.6) is 0 Å². The molecule has 0 spiro atoms. The van der Waals surface area contributed by atoms with Gasteiger partial charge in [0.05, 0.1) is 18.0 Å². The lowest BCUT2D eigenvalue weighted by Gasteiger charge is -2.16. The summed E-state index contributed by atoms with van der Waals surface area (Å²) in [7, 11) is 0. The van der Waals surface area contributed by atoms with Crippen LogP contribution in [-0.2, 0) is 0 Å². The second-order valence-electron chi connectivity index (χ2n) is 3.60. The number of hydrogen-bond acceptors (Lipinski definition) is 2. The molecule has 0 aliphatic rings. The normalized spacial score (nSPS) is 12.4. The molecule has 0 aliphatic heterocycles. The summed E-state index contributed by atoms with van der Waals surface area (Å²) in [5.41, 5.74) is 0.505. The van der Waals surface area contributed by atoms with Crippen LogP contribution in [0, 0.1) is 5.82 Å². The van der Waals surface area contributed by atoms with Crippen LogP contribution in [0.4, 0.5) is 10.1 Å². The Kier molecular flexibility index (Phi) is 3.25. The van der Waals surface area contributed by atoms with Gasteiger partial charge in [-0.2, -0.15) is 0 Å². The van der Waals surface area contributed by atoms with Gasteiger partial charge in [0.15, 0.2) is 0 Å². The van der Waals surface area contributed by atoms with Gasteiger partial charge in [0.1, 0.15) is 11.6 Å². The van der Waals surface area contributed by atoms with Crippen molar-refractivity contribution in [2.45, 2.75) is 19.4 Å². The lowest BCUT2D eigenvalue weighted by atomic mass is 10.1. The first-order valence-electron chi connectivity index (χ1n) is 5.35. The quantitative estimate of drug-likeness (QED) is 0.841. The fraction of sp³-hybridized carbons (Fsp3) is 0.231. The molecule has 0 saturated carbocycles. The van der Waals surface area contributed by atoms with Crippen molar-refractivity contribution in [2.24, 2.45) is 0 Å².